The second-order valence-corrected chi connectivity index (χ2v) is 4.41. The Labute approximate surface area is 89.1 Å². The Hall–Kier alpha value is -1.64. The molecule has 15 heavy (non-hydrogen) atoms. The second kappa shape index (κ2) is 3.50. The third-order valence-corrected chi connectivity index (χ3v) is 1.91. The minimum Gasteiger partial charge on any atom is -0.471 e. The van der Waals surface area contributed by atoms with E-state index in [2.05, 4.69) is 9.97 Å². The highest BCUT2D eigenvalue weighted by Gasteiger charge is 2.14. The zero-order chi connectivity index (χ0) is 10.9. The van der Waals surface area contributed by atoms with Gasteiger partial charge in [0.05, 0.1) is 10.9 Å². The van der Waals surface area contributed by atoms with E-state index < -0.39 is 0 Å². The van der Waals surface area contributed by atoms with Crippen molar-refractivity contribution in [2.24, 2.45) is 0 Å². The SMILES string of the molecule is CC(C)(C)Oc1ncnc2ccccc12. The molecule has 3 nitrogen and oxygen atoms in total. The highest BCUT2D eigenvalue weighted by molar-refractivity contribution is 5.82. The highest BCUT2D eigenvalue weighted by Crippen LogP contribution is 2.23. The van der Waals surface area contributed by atoms with E-state index in [9.17, 15) is 0 Å². The van der Waals surface area contributed by atoms with Crippen molar-refractivity contribution in [1.82, 2.24) is 9.97 Å². The van der Waals surface area contributed by atoms with Crippen LogP contribution in [0.15, 0.2) is 30.6 Å². The summed E-state index contributed by atoms with van der Waals surface area (Å²) in [5.74, 6) is 0.646. The van der Waals surface area contributed by atoms with Crippen LogP contribution in [0.3, 0.4) is 0 Å². The molecule has 0 saturated carbocycles. The lowest BCUT2D eigenvalue weighted by atomic mass is 10.2. The van der Waals surface area contributed by atoms with Crippen LogP contribution in [0.25, 0.3) is 10.9 Å². The van der Waals surface area contributed by atoms with Crippen LogP contribution in [-0.2, 0) is 0 Å². The number of nitrogens with zero attached hydrogens (tertiary/aromatic N) is 2. The Morgan fingerprint density at radius 1 is 1.07 bits per heavy atom. The van der Waals surface area contributed by atoms with Crippen molar-refractivity contribution in [3.63, 3.8) is 0 Å². The molecule has 1 heterocycles. The molecule has 2 rings (SSSR count). The summed E-state index contributed by atoms with van der Waals surface area (Å²) in [4.78, 5) is 8.34. The molecule has 1 aromatic heterocycles. The van der Waals surface area contributed by atoms with E-state index >= 15 is 0 Å². The molecule has 0 spiro atoms. The number of rotatable bonds is 1. The molecule has 0 N–H and O–H groups in total. The summed E-state index contributed by atoms with van der Waals surface area (Å²) in [6, 6.07) is 7.83. The molecule has 2 aromatic rings. The first-order chi connectivity index (χ1) is 7.06. The molecular weight excluding hydrogens is 188 g/mol. The van der Waals surface area contributed by atoms with Crippen LogP contribution in [0.4, 0.5) is 0 Å². The van der Waals surface area contributed by atoms with Crippen LogP contribution in [0.2, 0.25) is 0 Å². The molecular formula is C12H14N2O. The van der Waals surface area contributed by atoms with Crippen molar-refractivity contribution in [1.29, 1.82) is 0 Å². The second-order valence-electron chi connectivity index (χ2n) is 4.41. The summed E-state index contributed by atoms with van der Waals surface area (Å²) in [5.41, 5.74) is 0.670. The number of ether oxygens (including phenoxy) is 1. The molecule has 0 radical (unpaired) electrons. The average molecular weight is 202 g/mol. The van der Waals surface area contributed by atoms with Gasteiger partial charge in [-0.25, -0.2) is 9.97 Å². The van der Waals surface area contributed by atoms with Gasteiger partial charge < -0.3 is 4.74 Å². The minimum absolute atomic E-state index is 0.239. The number of para-hydroxylation sites is 1. The predicted octanol–water partition coefficient (Wildman–Crippen LogP) is 2.81. The lowest BCUT2D eigenvalue weighted by Crippen LogP contribution is -2.23. The number of fused-ring (bicyclic) bond motifs is 1. The van der Waals surface area contributed by atoms with E-state index in [4.69, 9.17) is 4.74 Å². The van der Waals surface area contributed by atoms with Crippen LogP contribution in [0.5, 0.6) is 5.88 Å². The third kappa shape index (κ3) is 2.24. The van der Waals surface area contributed by atoms with Crippen molar-refractivity contribution in [2.75, 3.05) is 0 Å². The first-order valence-electron chi connectivity index (χ1n) is 4.95. The Kier molecular flexibility index (Phi) is 2.31. The summed E-state index contributed by atoms with van der Waals surface area (Å²) < 4.78 is 5.76. The van der Waals surface area contributed by atoms with Gasteiger partial charge in [0.15, 0.2) is 0 Å². The number of aromatic nitrogens is 2. The van der Waals surface area contributed by atoms with Gasteiger partial charge in [-0.05, 0) is 32.9 Å². The molecule has 0 amide bonds. The molecule has 0 fully saturated rings. The molecule has 0 aliphatic carbocycles. The maximum Gasteiger partial charge on any atom is 0.224 e. The summed E-state index contributed by atoms with van der Waals surface area (Å²) in [5, 5.41) is 0.954. The first kappa shape index (κ1) is 9.90. The quantitative estimate of drug-likeness (QED) is 0.713. The van der Waals surface area contributed by atoms with Gasteiger partial charge >= 0.3 is 0 Å². The lowest BCUT2D eigenvalue weighted by molar-refractivity contribution is 0.126. The summed E-state index contributed by atoms with van der Waals surface area (Å²) in [6.07, 6.45) is 1.53. The van der Waals surface area contributed by atoms with Gasteiger partial charge in [0.1, 0.15) is 11.9 Å². The normalized spacial score (nSPS) is 11.7. The van der Waals surface area contributed by atoms with Crippen molar-refractivity contribution in [3.8, 4) is 5.88 Å². The predicted molar refractivity (Wildman–Crippen MR) is 59.9 cm³/mol. The zero-order valence-corrected chi connectivity index (χ0v) is 9.19. The Morgan fingerprint density at radius 2 is 1.80 bits per heavy atom. The largest absolute Gasteiger partial charge is 0.471 e. The van der Waals surface area contributed by atoms with Crippen LogP contribution in [-0.4, -0.2) is 15.6 Å². The molecule has 0 aliphatic rings. The lowest BCUT2D eigenvalue weighted by Gasteiger charge is -2.20. The van der Waals surface area contributed by atoms with Gasteiger partial charge in [0.25, 0.3) is 0 Å². The van der Waals surface area contributed by atoms with E-state index in [0.717, 1.165) is 10.9 Å². The van der Waals surface area contributed by atoms with Gasteiger partial charge in [0.2, 0.25) is 5.88 Å². The minimum atomic E-state index is -0.239. The van der Waals surface area contributed by atoms with Gasteiger partial charge in [-0.2, -0.15) is 0 Å². The Bertz CT molecular complexity index is 469. The Morgan fingerprint density at radius 3 is 2.53 bits per heavy atom. The fourth-order valence-corrected chi connectivity index (χ4v) is 1.35. The number of hydrogen-bond acceptors (Lipinski definition) is 3. The average Bonchev–Trinajstić information content (AvgIpc) is 2.16. The van der Waals surface area contributed by atoms with Gasteiger partial charge in [0, 0.05) is 0 Å². The maximum absolute atomic E-state index is 5.76. The van der Waals surface area contributed by atoms with E-state index in [1.165, 1.54) is 6.33 Å². The molecule has 0 atom stereocenters. The fraction of sp³-hybridized carbons (Fsp3) is 0.333. The molecule has 1 aromatic carbocycles. The fourth-order valence-electron chi connectivity index (χ4n) is 1.35. The number of hydrogen-bond donors (Lipinski definition) is 0. The topological polar surface area (TPSA) is 35.0 Å². The van der Waals surface area contributed by atoms with E-state index in [1.54, 1.807) is 0 Å². The third-order valence-electron chi connectivity index (χ3n) is 1.91. The van der Waals surface area contributed by atoms with Crippen LogP contribution in [0.1, 0.15) is 20.8 Å². The van der Waals surface area contributed by atoms with Crippen molar-refractivity contribution in [3.05, 3.63) is 30.6 Å². The molecule has 78 valence electrons. The van der Waals surface area contributed by atoms with Crippen LogP contribution < -0.4 is 4.74 Å². The number of benzene rings is 1. The summed E-state index contributed by atoms with van der Waals surface area (Å²) >= 11 is 0. The molecule has 0 saturated heterocycles. The molecule has 0 bridgehead atoms. The van der Waals surface area contributed by atoms with E-state index in [0.29, 0.717) is 5.88 Å². The zero-order valence-electron chi connectivity index (χ0n) is 9.19. The van der Waals surface area contributed by atoms with Crippen molar-refractivity contribution in [2.45, 2.75) is 26.4 Å². The monoisotopic (exact) mass is 202 g/mol. The van der Waals surface area contributed by atoms with E-state index in [1.807, 2.05) is 45.0 Å². The van der Waals surface area contributed by atoms with Crippen molar-refractivity contribution < 1.29 is 4.74 Å². The van der Waals surface area contributed by atoms with Crippen LogP contribution >= 0.6 is 0 Å². The van der Waals surface area contributed by atoms with E-state index in [-0.39, 0.29) is 5.60 Å². The van der Waals surface area contributed by atoms with Crippen molar-refractivity contribution >= 4 is 10.9 Å². The molecule has 3 heteroatoms. The summed E-state index contributed by atoms with van der Waals surface area (Å²) in [7, 11) is 0. The van der Waals surface area contributed by atoms with Gasteiger partial charge in [-0.3, -0.25) is 0 Å². The highest BCUT2D eigenvalue weighted by atomic mass is 16.5. The van der Waals surface area contributed by atoms with Gasteiger partial charge in [-0.1, -0.05) is 12.1 Å². The maximum atomic E-state index is 5.76. The standard InChI is InChI=1S/C12H14N2O/c1-12(2,3)15-11-9-6-4-5-7-10(9)13-8-14-11/h4-8H,1-3H3. The smallest absolute Gasteiger partial charge is 0.224 e. The Balaban J connectivity index is 2.52. The molecule has 0 unspecified atom stereocenters. The molecule has 0 aliphatic heterocycles. The first-order valence-corrected chi connectivity index (χ1v) is 4.95. The van der Waals surface area contributed by atoms with Crippen LogP contribution in [0, 0.1) is 0 Å². The van der Waals surface area contributed by atoms with Gasteiger partial charge in [-0.15, -0.1) is 0 Å². The summed E-state index contributed by atoms with van der Waals surface area (Å²) in [6.45, 7) is 6.01.